The summed E-state index contributed by atoms with van der Waals surface area (Å²) >= 11 is 0. The molecular weight excluding hydrogens is 244 g/mol. The zero-order valence-corrected chi connectivity index (χ0v) is 11.1. The molecule has 0 bridgehead atoms. The zero-order chi connectivity index (χ0) is 13.7. The molecular formula is C14H20N2O3. The van der Waals surface area contributed by atoms with Crippen molar-refractivity contribution in [2.75, 3.05) is 26.7 Å². The first-order valence-corrected chi connectivity index (χ1v) is 6.54. The van der Waals surface area contributed by atoms with Crippen molar-refractivity contribution < 1.29 is 14.7 Å². The summed E-state index contributed by atoms with van der Waals surface area (Å²) in [5, 5.41) is 14.3. The van der Waals surface area contributed by atoms with Crippen LogP contribution in [0.25, 0.3) is 0 Å². The Balaban J connectivity index is 1.75. The molecule has 1 aliphatic rings. The highest BCUT2D eigenvalue weighted by Crippen LogP contribution is 2.14. The minimum atomic E-state index is -0.354. The van der Waals surface area contributed by atoms with Gasteiger partial charge >= 0.3 is 5.97 Å². The number of carbonyl (C=O) groups excluding carboxylic acids is 1. The molecule has 0 unspecified atom stereocenters. The Bertz CT molecular complexity index is 410. The second-order valence-electron chi connectivity index (χ2n) is 4.87. The Morgan fingerprint density at radius 3 is 2.79 bits per heavy atom. The maximum absolute atomic E-state index is 11.8. The molecule has 1 aliphatic heterocycles. The second-order valence-corrected chi connectivity index (χ2v) is 4.87. The van der Waals surface area contributed by atoms with Gasteiger partial charge in [-0.15, -0.1) is 5.06 Å². The maximum atomic E-state index is 11.8. The summed E-state index contributed by atoms with van der Waals surface area (Å²) in [6.45, 7) is 2.09. The third-order valence-corrected chi connectivity index (χ3v) is 3.37. The van der Waals surface area contributed by atoms with E-state index < -0.39 is 0 Å². The fraction of sp³-hybridized carbons (Fsp3) is 0.500. The molecule has 2 rings (SSSR count). The van der Waals surface area contributed by atoms with Crippen molar-refractivity contribution in [1.82, 2.24) is 10.4 Å². The van der Waals surface area contributed by atoms with Crippen LogP contribution in [0.15, 0.2) is 30.3 Å². The Morgan fingerprint density at radius 2 is 2.16 bits per heavy atom. The average Bonchev–Trinajstić information content (AvgIpc) is 2.83. The quantitative estimate of drug-likeness (QED) is 0.765. The Hall–Kier alpha value is -1.43. The summed E-state index contributed by atoms with van der Waals surface area (Å²) in [6, 6.07) is 8.91. The van der Waals surface area contributed by atoms with E-state index in [0.717, 1.165) is 13.0 Å². The van der Waals surface area contributed by atoms with Gasteiger partial charge in [-0.3, -0.25) is 0 Å². The van der Waals surface area contributed by atoms with Crippen molar-refractivity contribution in [2.24, 2.45) is 5.92 Å². The van der Waals surface area contributed by atoms with Gasteiger partial charge in [0.05, 0.1) is 11.7 Å². The zero-order valence-electron chi connectivity index (χ0n) is 11.1. The van der Waals surface area contributed by atoms with Crippen LogP contribution < -0.4 is 5.32 Å². The highest BCUT2D eigenvalue weighted by Gasteiger charge is 2.25. The third-order valence-electron chi connectivity index (χ3n) is 3.37. The minimum absolute atomic E-state index is 0.234. The largest absolute Gasteiger partial charge is 0.391 e. The van der Waals surface area contributed by atoms with E-state index in [0.29, 0.717) is 18.7 Å². The van der Waals surface area contributed by atoms with Crippen molar-refractivity contribution in [2.45, 2.75) is 12.5 Å². The number of carbonyl (C=O) groups is 1. The van der Waals surface area contributed by atoms with Gasteiger partial charge in [0.15, 0.2) is 0 Å². The van der Waals surface area contributed by atoms with E-state index in [1.807, 2.05) is 6.07 Å². The number of hydroxylamine groups is 2. The van der Waals surface area contributed by atoms with Gasteiger partial charge in [-0.2, -0.15) is 0 Å². The fourth-order valence-electron chi connectivity index (χ4n) is 2.18. The van der Waals surface area contributed by atoms with Crippen molar-refractivity contribution >= 4 is 5.97 Å². The first-order chi connectivity index (χ1) is 9.16. The lowest BCUT2D eigenvalue weighted by molar-refractivity contribution is -0.0936. The van der Waals surface area contributed by atoms with E-state index in [1.54, 1.807) is 31.3 Å². The van der Waals surface area contributed by atoms with Gasteiger partial charge in [-0.25, -0.2) is 4.79 Å². The molecule has 1 aromatic rings. The summed E-state index contributed by atoms with van der Waals surface area (Å²) in [5.41, 5.74) is 0.539. The van der Waals surface area contributed by atoms with Gasteiger partial charge < -0.3 is 15.3 Å². The van der Waals surface area contributed by atoms with Gasteiger partial charge in [0, 0.05) is 26.7 Å². The summed E-state index contributed by atoms with van der Waals surface area (Å²) in [5.74, 6) is -0.119. The van der Waals surface area contributed by atoms with Crippen LogP contribution in [0.1, 0.15) is 16.8 Å². The number of nitrogens with one attached hydrogen (secondary N) is 1. The predicted molar refractivity (Wildman–Crippen MR) is 71.5 cm³/mol. The van der Waals surface area contributed by atoms with Crippen LogP contribution in [0.5, 0.6) is 0 Å². The molecule has 5 nitrogen and oxygen atoms in total. The van der Waals surface area contributed by atoms with Crippen LogP contribution in [-0.4, -0.2) is 48.9 Å². The number of β-amino-alcohol motifs (C(OH)–C–C–N with tert-alkyl or cyclic N) is 1. The van der Waals surface area contributed by atoms with Gasteiger partial charge in [0.2, 0.25) is 0 Å². The highest BCUT2D eigenvalue weighted by molar-refractivity contribution is 5.89. The smallest absolute Gasteiger partial charge is 0.357 e. The molecule has 0 spiro atoms. The lowest BCUT2D eigenvalue weighted by Crippen LogP contribution is -2.28. The molecule has 19 heavy (non-hydrogen) atoms. The van der Waals surface area contributed by atoms with E-state index in [2.05, 4.69) is 5.32 Å². The lowest BCUT2D eigenvalue weighted by atomic mass is 10.0. The van der Waals surface area contributed by atoms with Crippen molar-refractivity contribution in [3.05, 3.63) is 35.9 Å². The summed E-state index contributed by atoms with van der Waals surface area (Å²) in [7, 11) is 1.73. The third kappa shape index (κ3) is 4.02. The van der Waals surface area contributed by atoms with Crippen LogP contribution in [0, 0.1) is 5.92 Å². The maximum Gasteiger partial charge on any atom is 0.357 e. The number of hydrogen-bond acceptors (Lipinski definition) is 5. The van der Waals surface area contributed by atoms with Crippen LogP contribution in [0.3, 0.4) is 0 Å². The Kier molecular flexibility index (Phi) is 4.90. The van der Waals surface area contributed by atoms with E-state index in [1.165, 1.54) is 5.06 Å². The van der Waals surface area contributed by atoms with Gasteiger partial charge in [0.25, 0.3) is 0 Å². The molecule has 0 saturated carbocycles. The number of aliphatic hydroxyl groups excluding tert-OH is 1. The van der Waals surface area contributed by atoms with Crippen LogP contribution >= 0.6 is 0 Å². The van der Waals surface area contributed by atoms with Crippen molar-refractivity contribution in [1.29, 1.82) is 0 Å². The fourth-order valence-corrected chi connectivity index (χ4v) is 2.18. The summed E-state index contributed by atoms with van der Waals surface area (Å²) < 4.78 is 0. The number of rotatable bonds is 5. The van der Waals surface area contributed by atoms with Crippen LogP contribution in [0.2, 0.25) is 0 Å². The summed E-state index contributed by atoms with van der Waals surface area (Å²) in [6.07, 6.45) is 0.505. The van der Waals surface area contributed by atoms with E-state index >= 15 is 0 Å². The molecule has 2 atom stereocenters. The first kappa shape index (κ1) is 14.0. The number of nitrogens with zero attached hydrogens (tertiary/aromatic N) is 1. The number of aliphatic hydroxyl groups is 1. The van der Waals surface area contributed by atoms with Gasteiger partial charge in [-0.05, 0) is 24.5 Å². The second kappa shape index (κ2) is 6.65. The molecule has 2 N–H and O–H groups in total. The van der Waals surface area contributed by atoms with Gasteiger partial charge in [-0.1, -0.05) is 18.2 Å². The molecule has 0 amide bonds. The first-order valence-electron chi connectivity index (χ1n) is 6.54. The molecule has 1 fully saturated rings. The number of benzene rings is 1. The average molecular weight is 264 g/mol. The van der Waals surface area contributed by atoms with E-state index in [-0.39, 0.29) is 18.0 Å². The SMILES string of the molecule is CN(CC[C@H]1CNC[C@@H]1O)OC(=O)c1ccccc1. The standard InChI is InChI=1S/C14H20N2O3/c1-16(8-7-12-9-15-10-13(12)17)19-14(18)11-5-3-2-4-6-11/h2-6,12-13,15,17H,7-10H2,1H3/t12-,13-/m0/s1. The molecule has 0 aliphatic carbocycles. The predicted octanol–water partition coefficient (Wildman–Crippen LogP) is 0.661. The van der Waals surface area contributed by atoms with E-state index in [9.17, 15) is 9.90 Å². The molecule has 0 radical (unpaired) electrons. The van der Waals surface area contributed by atoms with Crippen LogP contribution in [0.4, 0.5) is 0 Å². The minimum Gasteiger partial charge on any atom is -0.391 e. The van der Waals surface area contributed by atoms with Crippen LogP contribution in [-0.2, 0) is 4.84 Å². The van der Waals surface area contributed by atoms with Crippen molar-refractivity contribution in [3.8, 4) is 0 Å². The lowest BCUT2D eigenvalue weighted by Gasteiger charge is -2.19. The topological polar surface area (TPSA) is 61.8 Å². The normalized spacial score (nSPS) is 22.7. The highest BCUT2D eigenvalue weighted by atomic mass is 16.7. The molecule has 1 aromatic carbocycles. The molecule has 0 aromatic heterocycles. The summed E-state index contributed by atoms with van der Waals surface area (Å²) in [4.78, 5) is 17.0. The monoisotopic (exact) mass is 264 g/mol. The van der Waals surface area contributed by atoms with Crippen molar-refractivity contribution in [3.63, 3.8) is 0 Å². The molecule has 1 heterocycles. The Labute approximate surface area is 113 Å². The molecule has 5 heteroatoms. The number of hydrogen-bond donors (Lipinski definition) is 2. The van der Waals surface area contributed by atoms with E-state index in [4.69, 9.17) is 4.84 Å². The van der Waals surface area contributed by atoms with Gasteiger partial charge in [0.1, 0.15) is 0 Å². The molecule has 104 valence electrons. The molecule has 1 saturated heterocycles. The Morgan fingerprint density at radius 1 is 1.42 bits per heavy atom.